The molecule has 2 fully saturated rings. The summed E-state index contributed by atoms with van der Waals surface area (Å²) >= 11 is 0. The lowest BCUT2D eigenvalue weighted by molar-refractivity contribution is -0.145. The first kappa shape index (κ1) is 15.5. The van der Waals surface area contributed by atoms with Crippen molar-refractivity contribution in [3.05, 3.63) is 12.2 Å². The Labute approximate surface area is 132 Å². The van der Waals surface area contributed by atoms with Crippen molar-refractivity contribution in [2.24, 2.45) is 11.8 Å². The Morgan fingerprint density at radius 3 is 2.32 bits per heavy atom. The van der Waals surface area contributed by atoms with E-state index in [0.717, 1.165) is 12.8 Å². The molecule has 3 aliphatic rings. The molecule has 1 saturated heterocycles. The minimum absolute atomic E-state index is 0.0721. The summed E-state index contributed by atoms with van der Waals surface area (Å²) in [5.41, 5.74) is 0. The van der Waals surface area contributed by atoms with Gasteiger partial charge in [0, 0.05) is 19.1 Å². The van der Waals surface area contributed by atoms with E-state index >= 15 is 0 Å². The van der Waals surface area contributed by atoms with Crippen molar-refractivity contribution < 1.29 is 14.3 Å². The van der Waals surface area contributed by atoms with Gasteiger partial charge in [0.05, 0.1) is 25.0 Å². The lowest BCUT2D eigenvalue weighted by Gasteiger charge is -2.34. The van der Waals surface area contributed by atoms with Crippen molar-refractivity contribution in [1.29, 1.82) is 0 Å². The summed E-state index contributed by atoms with van der Waals surface area (Å²) in [7, 11) is 0. The highest BCUT2D eigenvalue weighted by molar-refractivity contribution is 5.88. The summed E-state index contributed by atoms with van der Waals surface area (Å²) in [4.78, 5) is 27.2. The maximum atomic E-state index is 12.8. The summed E-state index contributed by atoms with van der Waals surface area (Å²) in [6.45, 7) is 2.51. The van der Waals surface area contributed by atoms with E-state index in [1.54, 1.807) is 0 Å². The van der Waals surface area contributed by atoms with Crippen LogP contribution in [0.4, 0.5) is 0 Å². The highest BCUT2D eigenvalue weighted by Gasteiger charge is 2.37. The average molecular weight is 306 g/mol. The number of morpholine rings is 1. The van der Waals surface area contributed by atoms with Crippen LogP contribution < -0.4 is 5.32 Å². The highest BCUT2D eigenvalue weighted by atomic mass is 16.5. The summed E-state index contributed by atoms with van der Waals surface area (Å²) in [5, 5.41) is 3.17. The Hall–Kier alpha value is -1.36. The first-order chi connectivity index (χ1) is 10.8. The minimum atomic E-state index is -0.207. The van der Waals surface area contributed by atoms with Gasteiger partial charge in [-0.15, -0.1) is 0 Å². The van der Waals surface area contributed by atoms with E-state index in [0.29, 0.717) is 45.2 Å². The van der Waals surface area contributed by atoms with Crippen molar-refractivity contribution in [2.45, 2.75) is 44.6 Å². The van der Waals surface area contributed by atoms with E-state index in [2.05, 4.69) is 5.32 Å². The third-order valence-electron chi connectivity index (χ3n) is 5.11. The van der Waals surface area contributed by atoms with Gasteiger partial charge in [-0.1, -0.05) is 25.0 Å². The van der Waals surface area contributed by atoms with Crippen molar-refractivity contribution in [3.63, 3.8) is 0 Å². The zero-order chi connectivity index (χ0) is 15.4. The van der Waals surface area contributed by atoms with Crippen molar-refractivity contribution >= 4 is 11.8 Å². The van der Waals surface area contributed by atoms with Crippen LogP contribution in [0.5, 0.6) is 0 Å². The molecule has 0 aromatic carbocycles. The highest BCUT2D eigenvalue weighted by Crippen LogP contribution is 2.29. The van der Waals surface area contributed by atoms with Crippen molar-refractivity contribution in [1.82, 2.24) is 10.2 Å². The molecule has 22 heavy (non-hydrogen) atoms. The van der Waals surface area contributed by atoms with Gasteiger partial charge in [-0.25, -0.2) is 0 Å². The first-order valence-electron chi connectivity index (χ1n) is 8.57. The van der Waals surface area contributed by atoms with Gasteiger partial charge in [0.25, 0.3) is 0 Å². The largest absolute Gasteiger partial charge is 0.378 e. The van der Waals surface area contributed by atoms with E-state index in [9.17, 15) is 9.59 Å². The molecule has 5 heteroatoms. The predicted octanol–water partition coefficient (Wildman–Crippen LogP) is 1.49. The second kappa shape index (κ2) is 7.27. The fraction of sp³-hybridized carbons (Fsp3) is 0.765. The summed E-state index contributed by atoms with van der Waals surface area (Å²) in [6.07, 6.45) is 10.0. The molecule has 1 saturated carbocycles. The Morgan fingerprint density at radius 2 is 1.64 bits per heavy atom. The fourth-order valence-electron chi connectivity index (χ4n) is 3.77. The molecule has 2 unspecified atom stereocenters. The Morgan fingerprint density at radius 1 is 1.00 bits per heavy atom. The van der Waals surface area contributed by atoms with Crippen LogP contribution in [-0.4, -0.2) is 49.1 Å². The Kier molecular flexibility index (Phi) is 5.13. The van der Waals surface area contributed by atoms with E-state index in [-0.39, 0.29) is 23.7 Å². The number of ether oxygens (including phenoxy) is 1. The molecule has 2 amide bonds. The third kappa shape index (κ3) is 3.51. The number of hydrogen-bond acceptors (Lipinski definition) is 3. The van der Waals surface area contributed by atoms with Crippen molar-refractivity contribution in [2.75, 3.05) is 26.3 Å². The van der Waals surface area contributed by atoms with Gasteiger partial charge in [0.2, 0.25) is 11.8 Å². The minimum Gasteiger partial charge on any atom is -0.378 e. The summed E-state index contributed by atoms with van der Waals surface area (Å²) in [6, 6.07) is 0.317. The molecule has 0 radical (unpaired) electrons. The van der Waals surface area contributed by atoms with Gasteiger partial charge in [0.15, 0.2) is 0 Å². The van der Waals surface area contributed by atoms with Gasteiger partial charge in [0.1, 0.15) is 0 Å². The molecular formula is C17H26N2O3. The molecule has 122 valence electrons. The molecule has 2 aliphatic carbocycles. The van der Waals surface area contributed by atoms with Crippen LogP contribution in [0.3, 0.4) is 0 Å². The average Bonchev–Trinajstić information content (AvgIpc) is 3.08. The lowest BCUT2D eigenvalue weighted by Crippen LogP contribution is -2.49. The molecule has 0 bridgehead atoms. The molecular weight excluding hydrogens is 280 g/mol. The molecule has 5 nitrogen and oxygen atoms in total. The third-order valence-corrected chi connectivity index (χ3v) is 5.11. The Balaban J connectivity index is 1.63. The SMILES string of the molecule is O=C(NC1CCCC1)C1CC=CCC1C(=O)N1CCOCC1. The first-order valence-corrected chi connectivity index (χ1v) is 8.57. The van der Waals surface area contributed by atoms with E-state index in [1.165, 1.54) is 12.8 Å². The molecule has 1 N–H and O–H groups in total. The van der Waals surface area contributed by atoms with Crippen LogP contribution in [0, 0.1) is 11.8 Å². The van der Waals surface area contributed by atoms with Gasteiger partial charge < -0.3 is 15.0 Å². The maximum Gasteiger partial charge on any atom is 0.226 e. The molecule has 0 spiro atoms. The van der Waals surface area contributed by atoms with Gasteiger partial charge in [-0.3, -0.25) is 9.59 Å². The van der Waals surface area contributed by atoms with Crippen molar-refractivity contribution in [3.8, 4) is 0 Å². The van der Waals surface area contributed by atoms with Crippen LogP contribution in [-0.2, 0) is 14.3 Å². The topological polar surface area (TPSA) is 58.6 Å². The zero-order valence-corrected chi connectivity index (χ0v) is 13.1. The maximum absolute atomic E-state index is 12.8. The molecule has 1 heterocycles. The molecule has 0 aromatic heterocycles. The standard InChI is InChI=1S/C17H26N2O3/c20-16(18-13-5-1-2-6-13)14-7-3-4-8-15(14)17(21)19-9-11-22-12-10-19/h3-4,13-15H,1-2,5-12H2,(H,18,20). The number of hydrogen-bond donors (Lipinski definition) is 1. The van der Waals surface area contributed by atoms with E-state index in [4.69, 9.17) is 4.74 Å². The predicted molar refractivity (Wildman–Crippen MR) is 83.2 cm³/mol. The quantitative estimate of drug-likeness (QED) is 0.804. The number of carbonyl (C=O) groups is 2. The summed E-state index contributed by atoms with van der Waals surface area (Å²) < 4.78 is 5.31. The number of nitrogens with one attached hydrogen (secondary N) is 1. The van der Waals surface area contributed by atoms with Gasteiger partial charge in [-0.2, -0.15) is 0 Å². The molecule has 3 rings (SSSR count). The van der Waals surface area contributed by atoms with E-state index < -0.39 is 0 Å². The van der Waals surface area contributed by atoms with Gasteiger partial charge in [-0.05, 0) is 25.7 Å². The summed E-state index contributed by atoms with van der Waals surface area (Å²) in [5.74, 6) is -0.215. The normalized spacial score (nSPS) is 29.5. The number of rotatable bonds is 3. The fourth-order valence-corrected chi connectivity index (χ4v) is 3.77. The number of amides is 2. The lowest BCUT2D eigenvalue weighted by atomic mass is 9.81. The number of nitrogens with zero attached hydrogens (tertiary/aromatic N) is 1. The van der Waals surface area contributed by atoms with E-state index in [1.807, 2.05) is 17.1 Å². The monoisotopic (exact) mass is 306 g/mol. The molecule has 2 atom stereocenters. The number of allylic oxidation sites excluding steroid dienone is 2. The smallest absolute Gasteiger partial charge is 0.226 e. The molecule has 1 aliphatic heterocycles. The number of carbonyl (C=O) groups excluding carboxylic acids is 2. The second-order valence-electron chi connectivity index (χ2n) is 6.58. The second-order valence-corrected chi connectivity index (χ2v) is 6.58. The Bertz CT molecular complexity index is 437. The molecule has 0 aromatic rings. The van der Waals surface area contributed by atoms with Crippen LogP contribution in [0.15, 0.2) is 12.2 Å². The zero-order valence-electron chi connectivity index (χ0n) is 13.1. The van der Waals surface area contributed by atoms with Gasteiger partial charge >= 0.3 is 0 Å². The van der Waals surface area contributed by atoms with Crippen LogP contribution >= 0.6 is 0 Å². The van der Waals surface area contributed by atoms with Crippen LogP contribution in [0.1, 0.15) is 38.5 Å². The van der Waals surface area contributed by atoms with Crippen LogP contribution in [0.2, 0.25) is 0 Å². The van der Waals surface area contributed by atoms with Crippen LogP contribution in [0.25, 0.3) is 0 Å².